The fourth-order valence-corrected chi connectivity index (χ4v) is 1.05. The summed E-state index contributed by atoms with van der Waals surface area (Å²) in [5.74, 6) is -0.919. The van der Waals surface area contributed by atoms with Gasteiger partial charge in [-0.2, -0.15) is 0 Å². The second-order valence-corrected chi connectivity index (χ2v) is 3.36. The Morgan fingerprint density at radius 1 is 1.47 bits per heavy atom. The predicted molar refractivity (Wildman–Crippen MR) is 56.7 cm³/mol. The van der Waals surface area contributed by atoms with Crippen molar-refractivity contribution in [2.75, 3.05) is 6.54 Å². The molecule has 0 fully saturated rings. The van der Waals surface area contributed by atoms with Crippen LogP contribution in [0.5, 0.6) is 0 Å². The Bertz CT molecular complexity index is 321. The van der Waals surface area contributed by atoms with Gasteiger partial charge in [0.05, 0.1) is 18.3 Å². The molecule has 0 saturated carbocycles. The fourth-order valence-electron chi connectivity index (χ4n) is 1.05. The molecule has 1 unspecified atom stereocenters. The van der Waals surface area contributed by atoms with Crippen LogP contribution in [-0.2, 0) is 11.3 Å². The largest absolute Gasteiger partial charge is 0.478 e. The molecule has 1 aromatic carbocycles. The van der Waals surface area contributed by atoms with Gasteiger partial charge in [-0.1, -0.05) is 12.1 Å². The first-order valence-corrected chi connectivity index (χ1v) is 4.77. The summed E-state index contributed by atoms with van der Waals surface area (Å²) in [4.78, 5) is 10.6. The summed E-state index contributed by atoms with van der Waals surface area (Å²) in [5, 5.41) is 8.68. The van der Waals surface area contributed by atoms with Gasteiger partial charge in [0.2, 0.25) is 0 Å². The number of hydrogen-bond acceptors (Lipinski definition) is 3. The van der Waals surface area contributed by atoms with Crippen molar-refractivity contribution < 1.29 is 14.6 Å². The molecule has 0 saturated heterocycles. The van der Waals surface area contributed by atoms with Gasteiger partial charge in [0.25, 0.3) is 0 Å². The maximum absolute atomic E-state index is 10.6. The lowest BCUT2D eigenvalue weighted by Crippen LogP contribution is -2.19. The first-order valence-electron chi connectivity index (χ1n) is 4.77. The summed E-state index contributed by atoms with van der Waals surface area (Å²) in [5.41, 5.74) is 6.63. The van der Waals surface area contributed by atoms with E-state index in [2.05, 4.69) is 0 Å². The molecule has 0 aliphatic heterocycles. The zero-order chi connectivity index (χ0) is 11.3. The molecule has 0 heterocycles. The molecule has 0 aromatic heterocycles. The molecule has 1 atom stereocenters. The highest BCUT2D eigenvalue weighted by Gasteiger charge is 2.03. The van der Waals surface area contributed by atoms with Gasteiger partial charge in [0.15, 0.2) is 0 Å². The van der Waals surface area contributed by atoms with Crippen LogP contribution in [-0.4, -0.2) is 23.7 Å². The highest BCUT2D eigenvalue weighted by atomic mass is 16.5. The number of benzene rings is 1. The molecular weight excluding hydrogens is 194 g/mol. The van der Waals surface area contributed by atoms with Crippen LogP contribution in [0.1, 0.15) is 22.8 Å². The molecular formula is C11H15NO3. The zero-order valence-electron chi connectivity index (χ0n) is 8.64. The van der Waals surface area contributed by atoms with Crippen molar-refractivity contribution in [3.05, 3.63) is 35.4 Å². The van der Waals surface area contributed by atoms with Gasteiger partial charge in [0.1, 0.15) is 0 Å². The first kappa shape index (κ1) is 11.7. The molecule has 1 aromatic rings. The Morgan fingerprint density at radius 2 is 2.07 bits per heavy atom. The summed E-state index contributed by atoms with van der Waals surface area (Å²) in [6.07, 6.45) is 0.0177. The minimum absolute atomic E-state index is 0.0177. The molecule has 0 radical (unpaired) electrons. The number of carboxylic acid groups (broad SMARTS) is 1. The first-order chi connectivity index (χ1) is 7.13. The van der Waals surface area contributed by atoms with Crippen molar-refractivity contribution >= 4 is 5.97 Å². The van der Waals surface area contributed by atoms with Gasteiger partial charge in [-0.25, -0.2) is 4.79 Å². The Kier molecular flexibility index (Phi) is 4.27. The minimum Gasteiger partial charge on any atom is -0.478 e. The van der Waals surface area contributed by atoms with Crippen molar-refractivity contribution in [3.63, 3.8) is 0 Å². The predicted octanol–water partition coefficient (Wildman–Crippen LogP) is 1.25. The fraction of sp³-hybridized carbons (Fsp3) is 0.364. The van der Waals surface area contributed by atoms with Gasteiger partial charge < -0.3 is 15.6 Å². The van der Waals surface area contributed by atoms with Crippen LogP contribution in [0.25, 0.3) is 0 Å². The summed E-state index contributed by atoms with van der Waals surface area (Å²) in [6, 6.07) is 6.61. The average Bonchev–Trinajstić information content (AvgIpc) is 2.26. The third-order valence-corrected chi connectivity index (χ3v) is 2.07. The minimum atomic E-state index is -0.919. The van der Waals surface area contributed by atoms with Crippen molar-refractivity contribution in [2.45, 2.75) is 19.6 Å². The third kappa shape index (κ3) is 3.69. The second-order valence-electron chi connectivity index (χ2n) is 3.36. The van der Waals surface area contributed by atoms with Crippen molar-refractivity contribution in [1.82, 2.24) is 0 Å². The molecule has 0 amide bonds. The van der Waals surface area contributed by atoms with Gasteiger partial charge >= 0.3 is 5.97 Å². The number of hydrogen-bond donors (Lipinski definition) is 2. The Hall–Kier alpha value is -1.39. The summed E-state index contributed by atoms with van der Waals surface area (Å²) >= 11 is 0. The lowest BCUT2D eigenvalue weighted by Gasteiger charge is -2.10. The lowest BCUT2D eigenvalue weighted by atomic mass is 10.1. The molecule has 3 N–H and O–H groups in total. The molecule has 0 aliphatic carbocycles. The van der Waals surface area contributed by atoms with Crippen LogP contribution in [0, 0.1) is 0 Å². The maximum atomic E-state index is 10.6. The van der Waals surface area contributed by atoms with E-state index in [0.717, 1.165) is 5.56 Å². The zero-order valence-corrected chi connectivity index (χ0v) is 8.64. The topological polar surface area (TPSA) is 72.5 Å². The standard InChI is InChI=1S/C11H15NO3/c1-8(6-12)15-7-9-2-4-10(5-3-9)11(13)14/h2-5,8H,6-7,12H2,1H3,(H,13,14). The third-order valence-electron chi connectivity index (χ3n) is 2.07. The van der Waals surface area contributed by atoms with Crippen LogP contribution in [0.15, 0.2) is 24.3 Å². The number of rotatable bonds is 5. The summed E-state index contributed by atoms with van der Waals surface area (Å²) in [7, 11) is 0. The van der Waals surface area contributed by atoms with E-state index in [1.807, 2.05) is 6.92 Å². The molecule has 4 nitrogen and oxygen atoms in total. The quantitative estimate of drug-likeness (QED) is 0.765. The van der Waals surface area contributed by atoms with E-state index in [1.54, 1.807) is 24.3 Å². The van der Waals surface area contributed by atoms with E-state index in [0.29, 0.717) is 13.2 Å². The van der Waals surface area contributed by atoms with E-state index < -0.39 is 5.97 Å². The van der Waals surface area contributed by atoms with Crippen LogP contribution in [0.4, 0.5) is 0 Å². The van der Waals surface area contributed by atoms with E-state index in [-0.39, 0.29) is 11.7 Å². The Morgan fingerprint density at radius 3 is 2.53 bits per heavy atom. The van der Waals surface area contributed by atoms with Crippen molar-refractivity contribution in [3.8, 4) is 0 Å². The smallest absolute Gasteiger partial charge is 0.335 e. The number of ether oxygens (including phenoxy) is 1. The molecule has 0 spiro atoms. The van der Waals surface area contributed by atoms with Crippen LogP contribution in [0.3, 0.4) is 0 Å². The van der Waals surface area contributed by atoms with E-state index in [1.165, 1.54) is 0 Å². The molecule has 4 heteroatoms. The van der Waals surface area contributed by atoms with E-state index in [4.69, 9.17) is 15.6 Å². The van der Waals surface area contributed by atoms with Gasteiger partial charge in [-0.15, -0.1) is 0 Å². The highest BCUT2D eigenvalue weighted by molar-refractivity contribution is 5.87. The Balaban J connectivity index is 2.53. The van der Waals surface area contributed by atoms with Crippen LogP contribution >= 0.6 is 0 Å². The normalized spacial score (nSPS) is 12.4. The average molecular weight is 209 g/mol. The van der Waals surface area contributed by atoms with Crippen LogP contribution < -0.4 is 5.73 Å². The Labute approximate surface area is 88.7 Å². The molecule has 0 bridgehead atoms. The van der Waals surface area contributed by atoms with Gasteiger partial charge in [-0.3, -0.25) is 0 Å². The van der Waals surface area contributed by atoms with Crippen molar-refractivity contribution in [1.29, 1.82) is 0 Å². The number of carbonyl (C=O) groups is 1. The van der Waals surface area contributed by atoms with Gasteiger partial charge in [0, 0.05) is 6.54 Å². The van der Waals surface area contributed by atoms with E-state index >= 15 is 0 Å². The molecule has 0 aliphatic rings. The number of nitrogens with two attached hydrogens (primary N) is 1. The van der Waals surface area contributed by atoms with Crippen LogP contribution in [0.2, 0.25) is 0 Å². The number of aromatic carboxylic acids is 1. The number of carboxylic acids is 1. The van der Waals surface area contributed by atoms with Gasteiger partial charge in [-0.05, 0) is 24.6 Å². The SMILES string of the molecule is CC(CN)OCc1ccc(C(=O)O)cc1. The highest BCUT2D eigenvalue weighted by Crippen LogP contribution is 2.06. The second kappa shape index (κ2) is 5.48. The summed E-state index contributed by atoms with van der Waals surface area (Å²) in [6.45, 7) is 2.83. The van der Waals surface area contributed by atoms with Crippen molar-refractivity contribution in [2.24, 2.45) is 5.73 Å². The lowest BCUT2D eigenvalue weighted by molar-refractivity contribution is 0.0588. The molecule has 82 valence electrons. The summed E-state index contributed by atoms with van der Waals surface area (Å²) < 4.78 is 5.41. The maximum Gasteiger partial charge on any atom is 0.335 e. The molecule has 15 heavy (non-hydrogen) atoms. The molecule has 1 rings (SSSR count). The van der Waals surface area contributed by atoms with E-state index in [9.17, 15) is 4.79 Å². The monoisotopic (exact) mass is 209 g/mol.